The number of amides is 1. The average molecular weight is 337 g/mol. The standard InChI is InChI=1S/C20H23N3O2/c24-20(25-15-16-5-2-1-3-6-16)23-13-11-22(12-14-23)18-8-4-7-17-9-10-21-19(17)18/h1-8,21H,9-15H2. The van der Waals surface area contributed by atoms with E-state index in [0.717, 1.165) is 31.6 Å². The molecule has 1 N–H and O–H groups in total. The van der Waals surface area contributed by atoms with Crippen LogP contribution in [0.15, 0.2) is 48.5 Å². The molecule has 1 amide bonds. The molecule has 0 bridgehead atoms. The summed E-state index contributed by atoms with van der Waals surface area (Å²) in [5, 5.41) is 3.49. The molecular weight excluding hydrogens is 314 g/mol. The van der Waals surface area contributed by atoms with E-state index in [1.54, 1.807) is 4.90 Å². The maximum atomic E-state index is 12.3. The molecule has 0 spiro atoms. The quantitative estimate of drug-likeness (QED) is 0.935. The first-order chi connectivity index (χ1) is 12.3. The van der Waals surface area contributed by atoms with Crippen molar-refractivity contribution in [2.75, 3.05) is 42.9 Å². The van der Waals surface area contributed by atoms with Crippen LogP contribution in [-0.2, 0) is 17.8 Å². The van der Waals surface area contributed by atoms with Gasteiger partial charge in [0, 0.05) is 32.7 Å². The Hall–Kier alpha value is -2.69. The minimum atomic E-state index is -0.222. The summed E-state index contributed by atoms with van der Waals surface area (Å²) in [6.07, 6.45) is 0.870. The lowest BCUT2D eigenvalue weighted by Crippen LogP contribution is -2.49. The first-order valence-electron chi connectivity index (χ1n) is 8.87. The van der Waals surface area contributed by atoms with E-state index in [1.165, 1.54) is 16.9 Å². The Morgan fingerprint density at radius 2 is 1.80 bits per heavy atom. The molecule has 4 rings (SSSR count). The summed E-state index contributed by atoms with van der Waals surface area (Å²) in [5.41, 5.74) is 4.93. The van der Waals surface area contributed by atoms with Crippen LogP contribution in [0.25, 0.3) is 0 Å². The topological polar surface area (TPSA) is 44.8 Å². The van der Waals surface area contributed by atoms with Crippen LogP contribution in [0.5, 0.6) is 0 Å². The summed E-state index contributed by atoms with van der Waals surface area (Å²) < 4.78 is 5.44. The van der Waals surface area contributed by atoms with E-state index in [2.05, 4.69) is 28.4 Å². The van der Waals surface area contributed by atoms with Crippen molar-refractivity contribution in [3.8, 4) is 0 Å². The molecule has 1 fully saturated rings. The molecule has 1 saturated heterocycles. The zero-order valence-electron chi connectivity index (χ0n) is 14.3. The van der Waals surface area contributed by atoms with Gasteiger partial charge in [0.05, 0.1) is 11.4 Å². The van der Waals surface area contributed by atoms with Gasteiger partial charge in [0.2, 0.25) is 0 Å². The number of fused-ring (bicyclic) bond motifs is 1. The van der Waals surface area contributed by atoms with Crippen LogP contribution in [-0.4, -0.2) is 43.7 Å². The maximum absolute atomic E-state index is 12.3. The summed E-state index contributed by atoms with van der Waals surface area (Å²) in [6, 6.07) is 16.3. The van der Waals surface area contributed by atoms with Gasteiger partial charge in [0.1, 0.15) is 6.61 Å². The van der Waals surface area contributed by atoms with Gasteiger partial charge < -0.3 is 19.9 Å². The van der Waals surface area contributed by atoms with E-state index >= 15 is 0 Å². The number of nitrogens with one attached hydrogen (secondary N) is 1. The monoisotopic (exact) mass is 337 g/mol. The zero-order valence-corrected chi connectivity index (χ0v) is 14.3. The summed E-state index contributed by atoms with van der Waals surface area (Å²) in [7, 11) is 0. The fourth-order valence-corrected chi connectivity index (χ4v) is 3.53. The lowest BCUT2D eigenvalue weighted by Gasteiger charge is -2.36. The van der Waals surface area contributed by atoms with Crippen molar-refractivity contribution in [2.24, 2.45) is 0 Å². The SMILES string of the molecule is O=C(OCc1ccccc1)N1CCN(c2cccc3c2NCC3)CC1. The number of ether oxygens (including phenoxy) is 1. The molecule has 5 nitrogen and oxygen atoms in total. The van der Waals surface area contributed by atoms with Gasteiger partial charge in [-0.2, -0.15) is 0 Å². The van der Waals surface area contributed by atoms with Crippen molar-refractivity contribution >= 4 is 17.5 Å². The van der Waals surface area contributed by atoms with Gasteiger partial charge in [-0.1, -0.05) is 42.5 Å². The number of benzene rings is 2. The molecule has 2 heterocycles. The number of carbonyl (C=O) groups excluding carboxylic acids is 1. The van der Waals surface area contributed by atoms with E-state index in [0.29, 0.717) is 19.7 Å². The van der Waals surface area contributed by atoms with Crippen LogP contribution in [0.4, 0.5) is 16.2 Å². The Labute approximate surface area is 148 Å². The third-order valence-corrected chi connectivity index (χ3v) is 4.91. The first kappa shape index (κ1) is 15.8. The van der Waals surface area contributed by atoms with Gasteiger partial charge in [-0.3, -0.25) is 0 Å². The third kappa shape index (κ3) is 3.40. The third-order valence-electron chi connectivity index (χ3n) is 4.91. The molecule has 25 heavy (non-hydrogen) atoms. The molecule has 0 atom stereocenters. The number of para-hydroxylation sites is 1. The zero-order chi connectivity index (χ0) is 17.1. The highest BCUT2D eigenvalue weighted by Crippen LogP contribution is 2.33. The van der Waals surface area contributed by atoms with Crippen molar-refractivity contribution in [3.05, 3.63) is 59.7 Å². The largest absolute Gasteiger partial charge is 0.445 e. The van der Waals surface area contributed by atoms with Gasteiger partial charge in [0.15, 0.2) is 0 Å². The Morgan fingerprint density at radius 3 is 2.60 bits per heavy atom. The fraction of sp³-hybridized carbons (Fsp3) is 0.350. The molecule has 130 valence electrons. The van der Waals surface area contributed by atoms with Gasteiger partial charge in [-0.05, 0) is 23.6 Å². The number of nitrogens with zero attached hydrogens (tertiary/aromatic N) is 2. The number of rotatable bonds is 3. The number of hydrogen-bond donors (Lipinski definition) is 1. The van der Waals surface area contributed by atoms with Crippen LogP contribution < -0.4 is 10.2 Å². The highest BCUT2D eigenvalue weighted by atomic mass is 16.6. The van der Waals surface area contributed by atoms with Crippen molar-refractivity contribution in [3.63, 3.8) is 0 Å². The van der Waals surface area contributed by atoms with Crippen LogP contribution >= 0.6 is 0 Å². The van der Waals surface area contributed by atoms with Crippen LogP contribution in [0, 0.1) is 0 Å². The van der Waals surface area contributed by atoms with Crippen molar-refractivity contribution in [1.29, 1.82) is 0 Å². The second-order valence-corrected chi connectivity index (χ2v) is 6.50. The predicted molar refractivity (Wildman–Crippen MR) is 99.0 cm³/mol. The summed E-state index contributed by atoms with van der Waals surface area (Å²) in [6.45, 7) is 4.39. The van der Waals surface area contributed by atoms with Crippen LogP contribution in [0.2, 0.25) is 0 Å². The molecule has 0 aromatic heterocycles. The Kier molecular flexibility index (Phi) is 4.46. The number of anilines is 2. The molecule has 0 unspecified atom stereocenters. The van der Waals surface area contributed by atoms with Crippen molar-refractivity contribution in [1.82, 2.24) is 4.90 Å². The van der Waals surface area contributed by atoms with E-state index in [9.17, 15) is 4.79 Å². The highest BCUT2D eigenvalue weighted by Gasteiger charge is 2.25. The van der Waals surface area contributed by atoms with E-state index in [4.69, 9.17) is 4.74 Å². The van der Waals surface area contributed by atoms with Crippen molar-refractivity contribution < 1.29 is 9.53 Å². The van der Waals surface area contributed by atoms with E-state index < -0.39 is 0 Å². The maximum Gasteiger partial charge on any atom is 0.410 e. The Bertz CT molecular complexity index is 740. The fourth-order valence-electron chi connectivity index (χ4n) is 3.53. The van der Waals surface area contributed by atoms with Gasteiger partial charge in [-0.15, -0.1) is 0 Å². The Balaban J connectivity index is 1.32. The van der Waals surface area contributed by atoms with Gasteiger partial charge in [-0.25, -0.2) is 4.79 Å². The van der Waals surface area contributed by atoms with Crippen LogP contribution in [0.1, 0.15) is 11.1 Å². The number of hydrogen-bond acceptors (Lipinski definition) is 4. The lowest BCUT2D eigenvalue weighted by molar-refractivity contribution is 0.0942. The van der Waals surface area contributed by atoms with E-state index in [1.807, 2.05) is 30.3 Å². The summed E-state index contributed by atoms with van der Waals surface area (Å²) in [4.78, 5) is 16.4. The second-order valence-electron chi connectivity index (χ2n) is 6.50. The minimum Gasteiger partial charge on any atom is -0.445 e. The molecule has 2 aromatic rings. The molecule has 0 aliphatic carbocycles. The van der Waals surface area contributed by atoms with Gasteiger partial charge >= 0.3 is 6.09 Å². The van der Waals surface area contributed by atoms with E-state index in [-0.39, 0.29) is 6.09 Å². The first-order valence-corrected chi connectivity index (χ1v) is 8.87. The summed E-state index contributed by atoms with van der Waals surface area (Å²) >= 11 is 0. The molecule has 2 aliphatic rings. The predicted octanol–water partition coefficient (Wildman–Crippen LogP) is 3.11. The lowest BCUT2D eigenvalue weighted by atomic mass is 10.1. The summed E-state index contributed by atoms with van der Waals surface area (Å²) in [5.74, 6) is 0. The average Bonchev–Trinajstić information content (AvgIpc) is 3.16. The molecule has 0 saturated carbocycles. The van der Waals surface area contributed by atoms with Crippen molar-refractivity contribution in [2.45, 2.75) is 13.0 Å². The second kappa shape index (κ2) is 7.05. The normalized spacial score (nSPS) is 16.3. The molecule has 5 heteroatoms. The highest BCUT2D eigenvalue weighted by molar-refractivity contribution is 5.76. The van der Waals surface area contributed by atoms with Gasteiger partial charge in [0.25, 0.3) is 0 Å². The molecule has 0 radical (unpaired) electrons. The number of carbonyl (C=O) groups is 1. The molecule has 2 aromatic carbocycles. The van der Waals surface area contributed by atoms with Crippen LogP contribution in [0.3, 0.4) is 0 Å². The Morgan fingerprint density at radius 1 is 1.00 bits per heavy atom. The number of piperazine rings is 1. The molecular formula is C20H23N3O2. The molecule has 2 aliphatic heterocycles. The smallest absolute Gasteiger partial charge is 0.410 e. The minimum absolute atomic E-state index is 0.222.